The van der Waals surface area contributed by atoms with Crippen molar-refractivity contribution in [1.82, 2.24) is 29.7 Å². The molecule has 11 nitrogen and oxygen atoms in total. The van der Waals surface area contributed by atoms with Crippen LogP contribution in [0.3, 0.4) is 0 Å². The molecule has 0 radical (unpaired) electrons. The lowest BCUT2D eigenvalue weighted by Gasteiger charge is -2.34. The summed E-state index contributed by atoms with van der Waals surface area (Å²) in [4.78, 5) is 37.5. The third-order valence-electron chi connectivity index (χ3n) is 6.19. The lowest BCUT2D eigenvalue weighted by molar-refractivity contribution is -0.135. The number of amides is 1. The van der Waals surface area contributed by atoms with Crippen LogP contribution >= 0.6 is 11.3 Å². The number of nitrogen functional groups attached to an aromatic ring is 1. The lowest BCUT2D eigenvalue weighted by Crippen LogP contribution is -2.49. The van der Waals surface area contributed by atoms with Gasteiger partial charge in [0, 0.05) is 56.9 Å². The molecule has 0 bridgehead atoms. The van der Waals surface area contributed by atoms with Crippen LogP contribution in [-0.2, 0) is 16.1 Å². The first-order chi connectivity index (χ1) is 16.5. The van der Waals surface area contributed by atoms with Crippen molar-refractivity contribution in [2.45, 2.75) is 13.5 Å². The minimum atomic E-state index is -0.430. The molecular weight excluding hydrogens is 456 g/mol. The number of hydrogen-bond donors (Lipinski definition) is 2. The van der Waals surface area contributed by atoms with Gasteiger partial charge in [-0.15, -0.1) is 11.3 Å². The number of hydrogen-bond acceptors (Lipinski definition) is 11. The van der Waals surface area contributed by atoms with Crippen molar-refractivity contribution >= 4 is 39.2 Å². The van der Waals surface area contributed by atoms with Crippen LogP contribution in [-0.4, -0.2) is 99.8 Å². The number of aliphatic hydroxyl groups is 1. The van der Waals surface area contributed by atoms with Crippen LogP contribution in [0.4, 0.5) is 11.8 Å². The number of thiophene rings is 1. The smallest absolute Gasteiger partial charge is 0.248 e. The molecule has 1 amide bonds. The molecule has 0 spiro atoms. The Balaban J connectivity index is 1.45. The van der Waals surface area contributed by atoms with Crippen LogP contribution in [0.5, 0.6) is 0 Å². The molecule has 0 atom stereocenters. The molecule has 3 aromatic rings. The van der Waals surface area contributed by atoms with Crippen LogP contribution < -0.4 is 10.6 Å². The third kappa shape index (κ3) is 4.67. The number of rotatable bonds is 5. The van der Waals surface area contributed by atoms with Crippen molar-refractivity contribution in [2.75, 3.05) is 69.7 Å². The molecule has 2 saturated heterocycles. The fourth-order valence-corrected chi connectivity index (χ4v) is 5.49. The largest absolute Gasteiger partial charge is 0.387 e. The Labute approximate surface area is 201 Å². The van der Waals surface area contributed by atoms with Gasteiger partial charge in [0.2, 0.25) is 11.9 Å². The minimum Gasteiger partial charge on any atom is -0.387 e. The number of aryl methyl sites for hydroxylation is 1. The number of piperazine rings is 1. The van der Waals surface area contributed by atoms with Crippen LogP contribution in [0.15, 0.2) is 12.3 Å². The summed E-state index contributed by atoms with van der Waals surface area (Å²) in [7, 11) is 0. The summed E-state index contributed by atoms with van der Waals surface area (Å²) < 4.78 is 6.61. The van der Waals surface area contributed by atoms with Gasteiger partial charge in [-0.1, -0.05) is 0 Å². The minimum absolute atomic E-state index is 0.207. The normalized spacial score (nSPS) is 17.5. The van der Waals surface area contributed by atoms with Crippen molar-refractivity contribution in [1.29, 1.82) is 0 Å². The molecule has 5 heterocycles. The molecule has 0 saturated carbocycles. The molecule has 0 aromatic carbocycles. The van der Waals surface area contributed by atoms with E-state index in [1.807, 2.05) is 6.92 Å². The van der Waals surface area contributed by atoms with Gasteiger partial charge >= 0.3 is 0 Å². The second kappa shape index (κ2) is 9.74. The van der Waals surface area contributed by atoms with E-state index in [0.717, 1.165) is 60.0 Å². The first-order valence-corrected chi connectivity index (χ1v) is 12.2. The number of aromatic nitrogens is 4. The summed E-state index contributed by atoms with van der Waals surface area (Å²) in [6.07, 6.45) is 1.68. The predicted octanol–water partition coefficient (Wildman–Crippen LogP) is 0.512. The molecule has 0 aliphatic carbocycles. The molecule has 2 fully saturated rings. The van der Waals surface area contributed by atoms with Crippen molar-refractivity contribution in [3.8, 4) is 11.4 Å². The van der Waals surface area contributed by atoms with E-state index in [1.54, 1.807) is 22.4 Å². The SMILES string of the molecule is Cc1nc(N)ncc1-c1nc(N2CCOCC2)c2sc(CN3CCN(C(=O)CO)CC3)cc2n1. The molecule has 180 valence electrons. The standard InChI is InChI=1S/C22H28N8O3S/c1-14-16(11-24-22(23)25-14)20-26-17-10-15(12-28-2-4-29(5-3-28)18(32)13-31)34-19(17)21(27-20)30-6-8-33-9-7-30/h10-11,31H,2-9,12-13H2,1H3,(H2,23,24,25). The van der Waals surface area contributed by atoms with Crippen molar-refractivity contribution in [3.63, 3.8) is 0 Å². The number of carbonyl (C=O) groups is 1. The Hall–Kier alpha value is -2.93. The van der Waals surface area contributed by atoms with E-state index in [2.05, 4.69) is 25.8 Å². The summed E-state index contributed by atoms with van der Waals surface area (Å²) in [5.41, 5.74) is 8.15. The zero-order valence-corrected chi connectivity index (χ0v) is 19.9. The first kappa shape index (κ1) is 22.8. The zero-order chi connectivity index (χ0) is 23.7. The number of fused-ring (bicyclic) bond motifs is 1. The molecule has 2 aliphatic heterocycles. The average molecular weight is 485 g/mol. The molecule has 5 rings (SSSR count). The molecule has 0 unspecified atom stereocenters. The molecule has 2 aliphatic rings. The number of nitrogens with two attached hydrogens (primary N) is 1. The monoisotopic (exact) mass is 484 g/mol. The summed E-state index contributed by atoms with van der Waals surface area (Å²) in [5.74, 6) is 1.52. The Kier molecular flexibility index (Phi) is 6.55. The van der Waals surface area contributed by atoms with E-state index < -0.39 is 6.61 Å². The molecule has 12 heteroatoms. The maximum atomic E-state index is 11.7. The molecular formula is C22H28N8O3S. The van der Waals surface area contributed by atoms with Crippen LogP contribution in [0, 0.1) is 6.92 Å². The van der Waals surface area contributed by atoms with Gasteiger partial charge in [-0.3, -0.25) is 9.69 Å². The number of aliphatic hydroxyl groups excluding tert-OH is 1. The van der Waals surface area contributed by atoms with Gasteiger partial charge in [-0.05, 0) is 13.0 Å². The lowest BCUT2D eigenvalue weighted by atomic mass is 10.2. The highest BCUT2D eigenvalue weighted by molar-refractivity contribution is 7.19. The van der Waals surface area contributed by atoms with Gasteiger partial charge in [-0.25, -0.2) is 19.9 Å². The zero-order valence-electron chi connectivity index (χ0n) is 19.1. The number of anilines is 2. The van der Waals surface area contributed by atoms with E-state index in [4.69, 9.17) is 25.5 Å². The number of ether oxygens (including phenoxy) is 1. The highest BCUT2D eigenvalue weighted by Crippen LogP contribution is 2.35. The highest BCUT2D eigenvalue weighted by Gasteiger charge is 2.24. The Bertz CT molecular complexity index is 1190. The topological polar surface area (TPSA) is 134 Å². The summed E-state index contributed by atoms with van der Waals surface area (Å²) >= 11 is 1.71. The third-order valence-corrected chi connectivity index (χ3v) is 7.30. The van der Waals surface area contributed by atoms with E-state index in [-0.39, 0.29) is 11.9 Å². The predicted molar refractivity (Wildman–Crippen MR) is 130 cm³/mol. The fourth-order valence-electron chi connectivity index (χ4n) is 4.33. The Morgan fingerprint density at radius 3 is 2.62 bits per heavy atom. The van der Waals surface area contributed by atoms with E-state index in [1.165, 1.54) is 4.88 Å². The maximum Gasteiger partial charge on any atom is 0.248 e. The van der Waals surface area contributed by atoms with Crippen LogP contribution in [0.25, 0.3) is 21.6 Å². The number of morpholine rings is 1. The second-order valence-corrected chi connectivity index (χ2v) is 9.58. The summed E-state index contributed by atoms with van der Waals surface area (Å²) in [6, 6.07) is 2.13. The molecule has 3 N–H and O–H groups in total. The van der Waals surface area contributed by atoms with Crippen LogP contribution in [0.2, 0.25) is 0 Å². The highest BCUT2D eigenvalue weighted by atomic mass is 32.1. The Morgan fingerprint density at radius 2 is 1.91 bits per heavy atom. The first-order valence-electron chi connectivity index (χ1n) is 11.4. The fraction of sp³-hybridized carbons (Fsp3) is 0.500. The van der Waals surface area contributed by atoms with E-state index >= 15 is 0 Å². The van der Waals surface area contributed by atoms with Gasteiger partial charge in [0.05, 0.1) is 34.7 Å². The molecule has 3 aromatic heterocycles. The van der Waals surface area contributed by atoms with E-state index in [9.17, 15) is 4.79 Å². The average Bonchev–Trinajstić information content (AvgIpc) is 3.26. The maximum absolute atomic E-state index is 11.7. The van der Waals surface area contributed by atoms with Gasteiger partial charge in [0.15, 0.2) is 11.6 Å². The molecule has 34 heavy (non-hydrogen) atoms. The van der Waals surface area contributed by atoms with Gasteiger partial charge in [-0.2, -0.15) is 0 Å². The van der Waals surface area contributed by atoms with Gasteiger partial charge in [0.25, 0.3) is 0 Å². The number of carbonyl (C=O) groups excluding carboxylic acids is 1. The van der Waals surface area contributed by atoms with Crippen molar-refractivity contribution in [3.05, 3.63) is 22.8 Å². The van der Waals surface area contributed by atoms with Crippen molar-refractivity contribution < 1.29 is 14.6 Å². The summed E-state index contributed by atoms with van der Waals surface area (Å²) in [5, 5.41) is 9.10. The van der Waals surface area contributed by atoms with Gasteiger partial charge in [0.1, 0.15) is 6.61 Å². The number of nitrogens with zero attached hydrogens (tertiary/aromatic N) is 7. The Morgan fingerprint density at radius 1 is 1.15 bits per heavy atom. The van der Waals surface area contributed by atoms with E-state index in [0.29, 0.717) is 32.1 Å². The quantitative estimate of drug-likeness (QED) is 0.528. The van der Waals surface area contributed by atoms with Crippen molar-refractivity contribution in [2.24, 2.45) is 0 Å². The van der Waals surface area contributed by atoms with Crippen LogP contribution in [0.1, 0.15) is 10.6 Å². The second-order valence-electron chi connectivity index (χ2n) is 8.44. The summed E-state index contributed by atoms with van der Waals surface area (Å²) in [6.45, 7) is 7.92. The van der Waals surface area contributed by atoms with Gasteiger partial charge < -0.3 is 25.4 Å².